The van der Waals surface area contributed by atoms with Crippen LogP contribution in [0.5, 0.6) is 23.0 Å². The molecule has 0 saturated carbocycles. The molecule has 0 aliphatic rings. The van der Waals surface area contributed by atoms with Gasteiger partial charge in [-0.05, 0) is 46.5 Å². The third-order valence-corrected chi connectivity index (χ3v) is 3.87. The van der Waals surface area contributed by atoms with Gasteiger partial charge in [-0.3, -0.25) is 0 Å². The summed E-state index contributed by atoms with van der Waals surface area (Å²) >= 11 is 0. The lowest BCUT2D eigenvalue weighted by molar-refractivity contribution is 0.403. The summed E-state index contributed by atoms with van der Waals surface area (Å²) in [5.74, 6) is -0.568. The van der Waals surface area contributed by atoms with Crippen molar-refractivity contribution in [2.24, 2.45) is 0 Å². The Hall–Kier alpha value is -3.66. The molecule has 0 atom stereocenters. The molecule has 0 amide bonds. The van der Waals surface area contributed by atoms with E-state index in [9.17, 15) is 20.4 Å². The van der Waals surface area contributed by atoms with Crippen LogP contribution in [-0.4, -0.2) is 20.4 Å². The van der Waals surface area contributed by atoms with Crippen molar-refractivity contribution in [2.75, 3.05) is 0 Å². The summed E-state index contributed by atoms with van der Waals surface area (Å²) in [5.41, 5.74) is 3.57. The van der Waals surface area contributed by atoms with Gasteiger partial charge in [-0.1, -0.05) is 60.7 Å². The number of rotatable bonds is 4. The van der Waals surface area contributed by atoms with Crippen LogP contribution in [0.4, 0.5) is 0 Å². The van der Waals surface area contributed by atoms with Crippen LogP contribution >= 0.6 is 0 Å². The lowest BCUT2D eigenvalue weighted by Crippen LogP contribution is -1.77. The van der Waals surface area contributed by atoms with E-state index in [1.807, 2.05) is 48.6 Å². The Morgan fingerprint density at radius 1 is 0.385 bits per heavy atom. The smallest absolute Gasteiger partial charge is 0.157 e. The number of hydrogen-bond acceptors (Lipinski definition) is 4. The van der Waals surface area contributed by atoms with Gasteiger partial charge in [-0.25, -0.2) is 0 Å². The lowest BCUT2D eigenvalue weighted by Gasteiger charge is -2.00. The number of hydrogen-bond donors (Lipinski definition) is 4. The van der Waals surface area contributed by atoms with Crippen LogP contribution in [-0.2, 0) is 0 Å². The van der Waals surface area contributed by atoms with Crippen molar-refractivity contribution < 1.29 is 20.4 Å². The fraction of sp³-hybridized carbons (Fsp3) is 0. The van der Waals surface area contributed by atoms with Crippen molar-refractivity contribution >= 4 is 24.3 Å². The summed E-state index contributed by atoms with van der Waals surface area (Å²) in [6, 6.07) is 17.2. The number of aromatic hydroxyl groups is 4. The molecule has 4 heteroatoms. The third kappa shape index (κ3) is 4.24. The zero-order valence-electron chi connectivity index (χ0n) is 13.9. The summed E-state index contributed by atoms with van der Waals surface area (Å²) < 4.78 is 0. The fourth-order valence-electron chi connectivity index (χ4n) is 2.39. The molecule has 0 spiro atoms. The topological polar surface area (TPSA) is 80.9 Å². The molecule has 3 rings (SSSR count). The highest BCUT2D eigenvalue weighted by molar-refractivity contribution is 5.74. The van der Waals surface area contributed by atoms with Crippen LogP contribution in [0.3, 0.4) is 0 Å². The maximum Gasteiger partial charge on any atom is 0.157 e. The average molecular weight is 346 g/mol. The summed E-state index contributed by atoms with van der Waals surface area (Å²) in [5, 5.41) is 37.6. The minimum atomic E-state index is -0.145. The van der Waals surface area contributed by atoms with Gasteiger partial charge in [0, 0.05) is 0 Å². The summed E-state index contributed by atoms with van der Waals surface area (Å²) in [6.07, 6.45) is 7.53. The number of phenolic OH excluding ortho intramolecular Hbond substituents is 4. The van der Waals surface area contributed by atoms with Gasteiger partial charge in [0.25, 0.3) is 0 Å². The molecule has 3 aromatic carbocycles. The molecule has 0 bridgehead atoms. The molecule has 0 aliphatic carbocycles. The normalized spacial score (nSPS) is 11.4. The molecule has 4 nitrogen and oxygen atoms in total. The molecule has 0 aliphatic heterocycles. The standard InChI is InChI=1S/C22H18O4/c23-19-11-9-17(13-21(19)25)7-5-15-1-2-16(4-3-15)6-8-18-10-12-20(24)22(26)14-18/h1-14,23-26H/b7-5+,8-6+. The molecule has 4 N–H and O–H groups in total. The Balaban J connectivity index is 1.69. The van der Waals surface area contributed by atoms with Crippen LogP contribution in [0.25, 0.3) is 24.3 Å². The first-order chi connectivity index (χ1) is 12.5. The second-order valence-electron chi connectivity index (χ2n) is 5.83. The first-order valence-electron chi connectivity index (χ1n) is 8.01. The van der Waals surface area contributed by atoms with Crippen molar-refractivity contribution in [1.82, 2.24) is 0 Å². The van der Waals surface area contributed by atoms with Crippen LogP contribution in [0, 0.1) is 0 Å². The van der Waals surface area contributed by atoms with Gasteiger partial charge in [0.2, 0.25) is 0 Å². The third-order valence-electron chi connectivity index (χ3n) is 3.87. The number of phenols is 4. The Labute approximate surface area is 151 Å². The van der Waals surface area contributed by atoms with Crippen LogP contribution < -0.4 is 0 Å². The van der Waals surface area contributed by atoms with E-state index in [0.29, 0.717) is 0 Å². The van der Waals surface area contributed by atoms with E-state index in [-0.39, 0.29) is 23.0 Å². The highest BCUT2D eigenvalue weighted by Gasteiger charge is 1.99. The summed E-state index contributed by atoms with van der Waals surface area (Å²) in [7, 11) is 0. The Morgan fingerprint density at radius 2 is 0.692 bits per heavy atom. The van der Waals surface area contributed by atoms with Crippen molar-refractivity contribution in [3.05, 3.63) is 82.9 Å². The van der Waals surface area contributed by atoms with E-state index in [1.54, 1.807) is 12.1 Å². The molecule has 0 fully saturated rings. The van der Waals surface area contributed by atoms with Gasteiger partial charge in [-0.15, -0.1) is 0 Å². The van der Waals surface area contributed by atoms with Crippen molar-refractivity contribution in [2.45, 2.75) is 0 Å². The molecule has 0 aromatic heterocycles. The van der Waals surface area contributed by atoms with Gasteiger partial charge in [0.1, 0.15) is 0 Å². The zero-order chi connectivity index (χ0) is 18.5. The van der Waals surface area contributed by atoms with E-state index in [1.165, 1.54) is 24.3 Å². The molecule has 130 valence electrons. The number of benzene rings is 3. The largest absolute Gasteiger partial charge is 0.504 e. The summed E-state index contributed by atoms with van der Waals surface area (Å²) in [4.78, 5) is 0. The second-order valence-corrected chi connectivity index (χ2v) is 5.83. The molecule has 0 saturated heterocycles. The lowest BCUT2D eigenvalue weighted by atomic mass is 10.1. The minimum absolute atomic E-state index is 0.139. The minimum Gasteiger partial charge on any atom is -0.504 e. The van der Waals surface area contributed by atoms with Gasteiger partial charge >= 0.3 is 0 Å². The highest BCUT2D eigenvalue weighted by atomic mass is 16.3. The average Bonchev–Trinajstić information content (AvgIpc) is 2.64. The first-order valence-corrected chi connectivity index (χ1v) is 8.01. The Kier molecular flexibility index (Phi) is 4.94. The fourth-order valence-corrected chi connectivity index (χ4v) is 2.39. The first kappa shape index (κ1) is 17.2. The van der Waals surface area contributed by atoms with Gasteiger partial charge in [0.05, 0.1) is 0 Å². The van der Waals surface area contributed by atoms with E-state index >= 15 is 0 Å². The van der Waals surface area contributed by atoms with Gasteiger partial charge in [-0.2, -0.15) is 0 Å². The predicted octanol–water partition coefficient (Wildman–Crippen LogP) is 4.85. The SMILES string of the molecule is Oc1ccc(/C=C/c2ccc(/C=C/c3ccc(O)c(O)c3)cc2)cc1O. The quantitative estimate of drug-likeness (QED) is 0.402. The molecular formula is C22H18O4. The van der Waals surface area contributed by atoms with Crippen molar-refractivity contribution in [1.29, 1.82) is 0 Å². The molecule has 26 heavy (non-hydrogen) atoms. The van der Waals surface area contributed by atoms with Crippen LogP contribution in [0.2, 0.25) is 0 Å². The molecule has 0 unspecified atom stereocenters. The Bertz CT molecular complexity index is 889. The van der Waals surface area contributed by atoms with E-state index < -0.39 is 0 Å². The van der Waals surface area contributed by atoms with Gasteiger partial charge < -0.3 is 20.4 Å². The highest BCUT2D eigenvalue weighted by Crippen LogP contribution is 2.26. The maximum atomic E-state index is 9.50. The second kappa shape index (κ2) is 7.49. The molecule has 3 aromatic rings. The predicted molar refractivity (Wildman–Crippen MR) is 104 cm³/mol. The Morgan fingerprint density at radius 3 is 1.04 bits per heavy atom. The van der Waals surface area contributed by atoms with Gasteiger partial charge in [0.15, 0.2) is 23.0 Å². The van der Waals surface area contributed by atoms with E-state index in [0.717, 1.165) is 22.3 Å². The van der Waals surface area contributed by atoms with E-state index in [2.05, 4.69) is 0 Å². The molecule has 0 radical (unpaired) electrons. The zero-order valence-corrected chi connectivity index (χ0v) is 13.9. The van der Waals surface area contributed by atoms with E-state index in [4.69, 9.17) is 0 Å². The molecular weight excluding hydrogens is 328 g/mol. The monoisotopic (exact) mass is 346 g/mol. The maximum absolute atomic E-state index is 9.50. The van der Waals surface area contributed by atoms with Crippen molar-refractivity contribution in [3.63, 3.8) is 0 Å². The molecule has 0 heterocycles. The summed E-state index contributed by atoms with van der Waals surface area (Å²) in [6.45, 7) is 0. The van der Waals surface area contributed by atoms with Crippen LogP contribution in [0.15, 0.2) is 60.7 Å². The van der Waals surface area contributed by atoms with Crippen molar-refractivity contribution in [3.8, 4) is 23.0 Å². The van der Waals surface area contributed by atoms with Crippen LogP contribution in [0.1, 0.15) is 22.3 Å².